The Morgan fingerprint density at radius 2 is 1.74 bits per heavy atom. The van der Waals surface area contributed by atoms with Crippen molar-refractivity contribution in [2.75, 3.05) is 5.73 Å². The highest BCUT2D eigenvalue weighted by Gasteiger charge is 2.04. The van der Waals surface area contributed by atoms with Crippen LogP contribution in [0.2, 0.25) is 5.15 Å². The molecule has 0 aliphatic heterocycles. The van der Waals surface area contributed by atoms with E-state index in [0.29, 0.717) is 11.6 Å². The first-order valence-electron chi connectivity index (χ1n) is 5.67. The second-order valence-electron chi connectivity index (χ2n) is 4.00. The third-order valence-electron chi connectivity index (χ3n) is 2.63. The van der Waals surface area contributed by atoms with Crippen LogP contribution < -0.4 is 10.5 Å². The van der Waals surface area contributed by atoms with Gasteiger partial charge in [0.1, 0.15) is 10.9 Å². The molecule has 1 heterocycles. The number of ether oxygens (including phenoxy) is 1. The zero-order valence-electron chi connectivity index (χ0n) is 9.88. The van der Waals surface area contributed by atoms with Crippen LogP contribution in [0.5, 0.6) is 11.6 Å². The Bertz CT molecular complexity index is 725. The summed E-state index contributed by atoms with van der Waals surface area (Å²) in [5.74, 6) is 1.09. The Balaban J connectivity index is 1.96. The lowest BCUT2D eigenvalue weighted by Crippen LogP contribution is -1.97. The molecule has 0 aliphatic rings. The number of nitrogen functional groups attached to an aromatic ring is 1. The van der Waals surface area contributed by atoms with E-state index < -0.39 is 0 Å². The zero-order chi connectivity index (χ0) is 13.2. The summed E-state index contributed by atoms with van der Waals surface area (Å²) in [6.45, 7) is 0. The normalized spacial score (nSPS) is 10.6. The van der Waals surface area contributed by atoms with Crippen LogP contribution in [0.3, 0.4) is 0 Å². The lowest BCUT2D eigenvalue weighted by Gasteiger charge is -2.06. The summed E-state index contributed by atoms with van der Waals surface area (Å²) in [6.07, 6.45) is 0. The van der Waals surface area contributed by atoms with Crippen molar-refractivity contribution in [2.24, 2.45) is 0 Å². The fourth-order valence-corrected chi connectivity index (χ4v) is 2.00. The predicted octanol–water partition coefficient (Wildman–Crippen LogP) is 3.66. The lowest BCUT2D eigenvalue weighted by atomic mass is 10.1. The molecule has 0 aliphatic carbocycles. The Morgan fingerprint density at radius 1 is 0.947 bits per heavy atom. The summed E-state index contributed by atoms with van der Waals surface area (Å²) in [6, 6.07) is 15.3. The molecule has 2 aromatic carbocycles. The Labute approximate surface area is 114 Å². The summed E-state index contributed by atoms with van der Waals surface area (Å²) in [7, 11) is 0. The second-order valence-corrected chi connectivity index (χ2v) is 4.39. The summed E-state index contributed by atoms with van der Waals surface area (Å²) >= 11 is 5.80. The molecule has 5 heteroatoms. The van der Waals surface area contributed by atoms with Crippen LogP contribution in [0.4, 0.5) is 5.95 Å². The van der Waals surface area contributed by atoms with E-state index in [-0.39, 0.29) is 11.1 Å². The molecule has 3 rings (SSSR count). The van der Waals surface area contributed by atoms with E-state index in [1.165, 1.54) is 6.07 Å². The van der Waals surface area contributed by atoms with Gasteiger partial charge in [0.15, 0.2) is 0 Å². The largest absolute Gasteiger partial charge is 0.439 e. The van der Waals surface area contributed by atoms with Crippen LogP contribution in [0.25, 0.3) is 10.8 Å². The minimum absolute atomic E-state index is 0.0864. The molecule has 0 amide bonds. The van der Waals surface area contributed by atoms with E-state index in [0.717, 1.165) is 10.8 Å². The zero-order valence-corrected chi connectivity index (χ0v) is 10.6. The van der Waals surface area contributed by atoms with Crippen molar-refractivity contribution in [3.05, 3.63) is 53.7 Å². The Kier molecular flexibility index (Phi) is 2.93. The molecule has 0 atom stereocenters. The maximum atomic E-state index is 5.80. The molecular weight excluding hydrogens is 262 g/mol. The van der Waals surface area contributed by atoms with Gasteiger partial charge in [-0.25, -0.2) is 4.98 Å². The molecule has 1 aromatic heterocycles. The monoisotopic (exact) mass is 271 g/mol. The van der Waals surface area contributed by atoms with Crippen LogP contribution in [0.15, 0.2) is 48.5 Å². The van der Waals surface area contributed by atoms with E-state index in [1.807, 2.05) is 42.5 Å². The van der Waals surface area contributed by atoms with Gasteiger partial charge in [-0.2, -0.15) is 4.98 Å². The number of nitrogens with zero attached hydrogens (tertiary/aromatic N) is 2. The van der Waals surface area contributed by atoms with Gasteiger partial charge >= 0.3 is 0 Å². The van der Waals surface area contributed by atoms with E-state index in [9.17, 15) is 0 Å². The molecule has 19 heavy (non-hydrogen) atoms. The molecule has 0 fully saturated rings. The highest BCUT2D eigenvalue weighted by molar-refractivity contribution is 6.29. The molecule has 0 saturated heterocycles. The number of benzene rings is 2. The van der Waals surface area contributed by atoms with Crippen molar-refractivity contribution < 1.29 is 4.74 Å². The van der Waals surface area contributed by atoms with Gasteiger partial charge in [-0.3, -0.25) is 0 Å². The molecule has 0 unspecified atom stereocenters. The maximum absolute atomic E-state index is 5.80. The number of nitrogens with two attached hydrogens (primary N) is 1. The number of anilines is 1. The first-order valence-corrected chi connectivity index (χ1v) is 6.05. The third-order valence-corrected chi connectivity index (χ3v) is 2.83. The summed E-state index contributed by atoms with van der Waals surface area (Å²) in [5, 5.41) is 2.49. The van der Waals surface area contributed by atoms with Gasteiger partial charge in [-0.15, -0.1) is 0 Å². The average Bonchev–Trinajstić information content (AvgIpc) is 2.37. The second kappa shape index (κ2) is 4.74. The van der Waals surface area contributed by atoms with Crippen molar-refractivity contribution >= 4 is 28.3 Å². The molecule has 3 aromatic rings. The summed E-state index contributed by atoms with van der Waals surface area (Å²) in [5.41, 5.74) is 5.52. The van der Waals surface area contributed by atoms with E-state index in [2.05, 4.69) is 9.97 Å². The maximum Gasteiger partial charge on any atom is 0.225 e. The van der Waals surface area contributed by atoms with Crippen molar-refractivity contribution in [1.29, 1.82) is 0 Å². The fraction of sp³-hybridized carbons (Fsp3) is 0. The van der Waals surface area contributed by atoms with Crippen LogP contribution >= 0.6 is 11.6 Å². The first kappa shape index (κ1) is 11.7. The molecule has 0 radical (unpaired) electrons. The third kappa shape index (κ3) is 2.58. The number of halogens is 1. The van der Waals surface area contributed by atoms with Crippen LogP contribution in [-0.2, 0) is 0 Å². The fourth-order valence-electron chi connectivity index (χ4n) is 1.82. The minimum Gasteiger partial charge on any atom is -0.439 e. The van der Waals surface area contributed by atoms with Crippen LogP contribution in [0.1, 0.15) is 0 Å². The van der Waals surface area contributed by atoms with Gasteiger partial charge < -0.3 is 10.5 Å². The van der Waals surface area contributed by atoms with Crippen LogP contribution in [0, 0.1) is 0 Å². The number of aromatic nitrogens is 2. The number of hydrogen-bond acceptors (Lipinski definition) is 4. The van der Waals surface area contributed by atoms with Gasteiger partial charge in [-0.1, -0.05) is 41.9 Å². The van der Waals surface area contributed by atoms with Crippen molar-refractivity contribution in [1.82, 2.24) is 9.97 Å². The topological polar surface area (TPSA) is 61.0 Å². The van der Waals surface area contributed by atoms with E-state index in [4.69, 9.17) is 22.1 Å². The molecule has 2 N–H and O–H groups in total. The standard InChI is InChI=1S/C14H10ClN3O/c15-12-8-13(18-14(16)17-12)19-11-6-5-9-3-1-2-4-10(9)7-11/h1-8H,(H2,16,17,18). The first-order chi connectivity index (χ1) is 9.20. The quantitative estimate of drug-likeness (QED) is 0.723. The molecule has 0 saturated carbocycles. The van der Waals surface area contributed by atoms with Gasteiger partial charge in [-0.05, 0) is 22.9 Å². The van der Waals surface area contributed by atoms with Gasteiger partial charge in [0, 0.05) is 6.07 Å². The lowest BCUT2D eigenvalue weighted by molar-refractivity contribution is 0.463. The molecular formula is C14H10ClN3O. The molecule has 94 valence electrons. The minimum atomic E-state index is 0.0864. The molecule has 0 bridgehead atoms. The Morgan fingerprint density at radius 3 is 2.53 bits per heavy atom. The highest BCUT2D eigenvalue weighted by atomic mass is 35.5. The van der Waals surface area contributed by atoms with Crippen molar-refractivity contribution in [2.45, 2.75) is 0 Å². The van der Waals surface area contributed by atoms with Gasteiger partial charge in [0.05, 0.1) is 0 Å². The summed E-state index contributed by atoms with van der Waals surface area (Å²) in [4.78, 5) is 7.75. The van der Waals surface area contributed by atoms with Gasteiger partial charge in [0.2, 0.25) is 11.8 Å². The van der Waals surface area contributed by atoms with Crippen LogP contribution in [-0.4, -0.2) is 9.97 Å². The number of hydrogen-bond donors (Lipinski definition) is 1. The van der Waals surface area contributed by atoms with E-state index in [1.54, 1.807) is 0 Å². The average molecular weight is 272 g/mol. The summed E-state index contributed by atoms with van der Waals surface area (Å²) < 4.78 is 5.63. The van der Waals surface area contributed by atoms with Gasteiger partial charge in [0.25, 0.3) is 0 Å². The van der Waals surface area contributed by atoms with E-state index >= 15 is 0 Å². The van der Waals surface area contributed by atoms with Crippen molar-refractivity contribution in [3.8, 4) is 11.6 Å². The predicted molar refractivity (Wildman–Crippen MR) is 75.5 cm³/mol. The molecule has 4 nitrogen and oxygen atoms in total. The highest BCUT2D eigenvalue weighted by Crippen LogP contribution is 2.25. The Hall–Kier alpha value is -2.33. The van der Waals surface area contributed by atoms with Crippen molar-refractivity contribution in [3.63, 3.8) is 0 Å². The smallest absolute Gasteiger partial charge is 0.225 e. The number of fused-ring (bicyclic) bond motifs is 1. The number of rotatable bonds is 2. The SMILES string of the molecule is Nc1nc(Cl)cc(Oc2ccc3ccccc3c2)n1. The molecule has 0 spiro atoms.